The fraction of sp³-hybridized carbons (Fsp3) is 0.865. The van der Waals surface area contributed by atoms with E-state index in [4.69, 9.17) is 13.8 Å². The van der Waals surface area contributed by atoms with Gasteiger partial charge in [0.15, 0.2) is 6.04 Å². The lowest BCUT2D eigenvalue weighted by Gasteiger charge is -2.18. The van der Waals surface area contributed by atoms with Gasteiger partial charge < -0.3 is 25.2 Å². The first kappa shape index (κ1) is 47.2. The van der Waals surface area contributed by atoms with Crippen LogP contribution in [0.4, 0.5) is 0 Å². The fourth-order valence-electron chi connectivity index (χ4n) is 5.25. The van der Waals surface area contributed by atoms with Crippen LogP contribution in [0.1, 0.15) is 174 Å². The molecule has 49 heavy (non-hydrogen) atoms. The van der Waals surface area contributed by atoms with Crippen LogP contribution in [0.5, 0.6) is 0 Å². The van der Waals surface area contributed by atoms with Gasteiger partial charge in [0.25, 0.3) is 0 Å². The lowest BCUT2D eigenvalue weighted by atomic mass is 10.1. The summed E-state index contributed by atoms with van der Waals surface area (Å²) in [5, 5.41) is 21.6. The molecule has 0 aromatic carbocycles. The fourth-order valence-corrected chi connectivity index (χ4v) is 6.02. The molecule has 0 aromatic heterocycles. The van der Waals surface area contributed by atoms with Crippen molar-refractivity contribution in [3.8, 4) is 0 Å². The van der Waals surface area contributed by atoms with Crippen molar-refractivity contribution in [3.05, 3.63) is 12.2 Å². The number of nitrogens with one attached hydrogen (secondary N) is 1. The van der Waals surface area contributed by atoms with Crippen LogP contribution in [0, 0.1) is 0 Å². The van der Waals surface area contributed by atoms with Gasteiger partial charge in [-0.25, -0.2) is 9.36 Å². The van der Waals surface area contributed by atoms with E-state index in [9.17, 15) is 34.1 Å². The predicted octanol–water partition coefficient (Wildman–Crippen LogP) is 8.94. The number of ether oxygens (including phenoxy) is 1. The van der Waals surface area contributed by atoms with Crippen molar-refractivity contribution in [3.63, 3.8) is 0 Å². The van der Waals surface area contributed by atoms with E-state index in [1.165, 1.54) is 83.5 Å². The van der Waals surface area contributed by atoms with Crippen LogP contribution >= 0.6 is 7.82 Å². The third kappa shape index (κ3) is 33.1. The lowest BCUT2D eigenvalue weighted by Crippen LogP contribution is -2.43. The van der Waals surface area contributed by atoms with Gasteiger partial charge in [-0.05, 0) is 38.5 Å². The second-order valence-corrected chi connectivity index (χ2v) is 14.6. The molecule has 1 amide bonds. The zero-order chi connectivity index (χ0) is 36.4. The minimum atomic E-state index is -4.74. The molecule has 0 heterocycles. The molecule has 12 heteroatoms. The number of esters is 1. The maximum atomic E-state index is 12.1. The van der Waals surface area contributed by atoms with Crippen LogP contribution in [0.3, 0.4) is 0 Å². The number of aliphatic hydroxyl groups excluding tert-OH is 1. The number of carbonyl (C=O) groups is 3. The van der Waals surface area contributed by atoms with E-state index >= 15 is 0 Å². The Labute approximate surface area is 296 Å². The van der Waals surface area contributed by atoms with E-state index in [0.29, 0.717) is 12.8 Å². The van der Waals surface area contributed by atoms with Gasteiger partial charge in [0.2, 0.25) is 5.91 Å². The van der Waals surface area contributed by atoms with Gasteiger partial charge in [-0.2, -0.15) is 0 Å². The summed E-state index contributed by atoms with van der Waals surface area (Å²) in [5.41, 5.74) is 0. The van der Waals surface area contributed by atoms with Crippen LogP contribution in [-0.2, 0) is 32.7 Å². The number of aliphatic hydroxyl groups is 1. The van der Waals surface area contributed by atoms with Crippen molar-refractivity contribution >= 4 is 25.7 Å². The topological polar surface area (TPSA) is 169 Å². The number of hydrogen-bond acceptors (Lipinski definition) is 8. The Morgan fingerprint density at radius 1 is 0.633 bits per heavy atom. The van der Waals surface area contributed by atoms with Gasteiger partial charge in [0, 0.05) is 12.8 Å². The number of phosphoric acid groups is 1. The number of carbonyl (C=O) groups excluding carboxylic acids is 2. The number of unbranched alkanes of at least 4 members (excludes halogenated alkanes) is 20. The number of rotatable bonds is 36. The average molecular weight is 720 g/mol. The Morgan fingerprint density at radius 2 is 1.06 bits per heavy atom. The number of carboxylic acids is 1. The summed E-state index contributed by atoms with van der Waals surface area (Å²) in [5.74, 6) is -2.38. The maximum absolute atomic E-state index is 12.1. The molecule has 0 radical (unpaired) electrons. The third-order valence-corrected chi connectivity index (χ3v) is 9.26. The van der Waals surface area contributed by atoms with Crippen molar-refractivity contribution in [1.82, 2.24) is 5.32 Å². The first-order valence-electron chi connectivity index (χ1n) is 19.2. The van der Waals surface area contributed by atoms with Gasteiger partial charge in [0.1, 0.15) is 12.7 Å². The van der Waals surface area contributed by atoms with Crippen molar-refractivity contribution in [2.24, 2.45) is 0 Å². The summed E-state index contributed by atoms with van der Waals surface area (Å²) in [6.45, 7) is 2.48. The molecule has 3 unspecified atom stereocenters. The molecule has 0 aromatic rings. The quantitative estimate of drug-likeness (QED) is 0.0212. The highest BCUT2D eigenvalue weighted by Crippen LogP contribution is 2.43. The van der Waals surface area contributed by atoms with E-state index in [1.807, 2.05) is 0 Å². The van der Waals surface area contributed by atoms with Gasteiger partial charge in [-0.15, -0.1) is 0 Å². The van der Waals surface area contributed by atoms with Crippen molar-refractivity contribution in [2.45, 2.75) is 187 Å². The summed E-state index contributed by atoms with van der Waals surface area (Å²) in [4.78, 5) is 45.4. The Kier molecular flexibility index (Phi) is 32.2. The molecule has 0 saturated heterocycles. The molecule has 0 aliphatic carbocycles. The zero-order valence-corrected chi connectivity index (χ0v) is 31.6. The molecule has 0 spiro atoms. The van der Waals surface area contributed by atoms with E-state index in [-0.39, 0.29) is 12.8 Å². The Hall–Kier alpha value is -1.78. The molecular weight excluding hydrogens is 649 g/mol. The summed E-state index contributed by atoms with van der Waals surface area (Å²) >= 11 is 0. The first-order chi connectivity index (χ1) is 23.6. The molecule has 0 bridgehead atoms. The van der Waals surface area contributed by atoms with Crippen LogP contribution in [-0.4, -0.2) is 64.9 Å². The van der Waals surface area contributed by atoms with Gasteiger partial charge in [-0.3, -0.25) is 18.6 Å². The van der Waals surface area contributed by atoms with Crippen molar-refractivity contribution in [2.75, 3.05) is 19.8 Å². The summed E-state index contributed by atoms with van der Waals surface area (Å²) < 4.78 is 26.6. The minimum absolute atomic E-state index is 0.145. The van der Waals surface area contributed by atoms with E-state index in [0.717, 1.165) is 51.4 Å². The predicted molar refractivity (Wildman–Crippen MR) is 194 cm³/mol. The van der Waals surface area contributed by atoms with Crippen LogP contribution in [0.15, 0.2) is 12.2 Å². The molecule has 3 atom stereocenters. The van der Waals surface area contributed by atoms with Crippen molar-refractivity contribution in [1.29, 1.82) is 0 Å². The monoisotopic (exact) mass is 719 g/mol. The molecule has 0 rings (SSSR count). The minimum Gasteiger partial charge on any atom is -0.480 e. The van der Waals surface area contributed by atoms with Crippen molar-refractivity contribution < 1.29 is 47.8 Å². The van der Waals surface area contributed by atoms with Crippen LogP contribution < -0.4 is 5.32 Å². The lowest BCUT2D eigenvalue weighted by molar-refractivity contribution is -0.147. The van der Waals surface area contributed by atoms with E-state index < -0.39 is 57.6 Å². The van der Waals surface area contributed by atoms with E-state index in [2.05, 4.69) is 31.3 Å². The van der Waals surface area contributed by atoms with Gasteiger partial charge >= 0.3 is 19.8 Å². The van der Waals surface area contributed by atoms with Gasteiger partial charge in [-0.1, -0.05) is 135 Å². The standard InChI is InChI=1S/C37H70NO10P/c1-3-5-7-9-11-12-13-14-15-16-17-18-19-20-21-22-23-25-27-29-36(41)46-30-33(39)31-47-49(44,45)48-32-34(37(42)43)38-35(40)28-26-24-10-8-6-4-2/h14-15,33-34,39H,3-13,16-32H2,1-2H3,(H,38,40)(H,42,43)(H,44,45)/b15-14+. The number of aliphatic carboxylic acids is 1. The summed E-state index contributed by atoms with van der Waals surface area (Å²) in [6.07, 6.45) is 30.1. The summed E-state index contributed by atoms with van der Waals surface area (Å²) in [7, 11) is -4.74. The first-order valence-corrected chi connectivity index (χ1v) is 20.7. The molecule has 4 N–H and O–H groups in total. The molecule has 11 nitrogen and oxygen atoms in total. The number of carboxylic acid groups (broad SMARTS) is 1. The molecular formula is C37H70NO10P. The highest BCUT2D eigenvalue weighted by Gasteiger charge is 2.28. The second-order valence-electron chi connectivity index (χ2n) is 13.1. The number of amides is 1. The summed E-state index contributed by atoms with van der Waals surface area (Å²) in [6, 6.07) is -1.54. The smallest absolute Gasteiger partial charge is 0.472 e. The highest BCUT2D eigenvalue weighted by molar-refractivity contribution is 7.47. The Morgan fingerprint density at radius 3 is 1.55 bits per heavy atom. The Balaban J connectivity index is 3.83. The molecule has 288 valence electrons. The second kappa shape index (κ2) is 33.4. The average Bonchev–Trinajstić information content (AvgIpc) is 3.07. The normalized spacial score (nSPS) is 14.0. The van der Waals surface area contributed by atoms with Crippen LogP contribution in [0.2, 0.25) is 0 Å². The molecule has 0 aliphatic rings. The highest BCUT2D eigenvalue weighted by atomic mass is 31.2. The number of phosphoric ester groups is 1. The molecule has 0 aliphatic heterocycles. The largest absolute Gasteiger partial charge is 0.480 e. The number of hydrogen-bond donors (Lipinski definition) is 4. The van der Waals surface area contributed by atoms with E-state index in [1.54, 1.807) is 0 Å². The van der Waals surface area contributed by atoms with Gasteiger partial charge in [0.05, 0.1) is 13.2 Å². The maximum Gasteiger partial charge on any atom is 0.472 e. The third-order valence-electron chi connectivity index (χ3n) is 8.30. The zero-order valence-electron chi connectivity index (χ0n) is 30.8. The number of allylic oxidation sites excluding steroid dienone is 2. The molecule has 0 saturated carbocycles. The Bertz CT molecular complexity index is 900. The van der Waals surface area contributed by atoms with Crippen LogP contribution in [0.25, 0.3) is 0 Å². The SMILES string of the molecule is CCCCCCCC/C=C/CCCCCCCCCCCC(=O)OCC(O)COP(=O)(O)OCC(NC(=O)CCCCCCCC)C(=O)O. The molecule has 0 fully saturated rings.